The van der Waals surface area contributed by atoms with Crippen molar-refractivity contribution in [1.82, 2.24) is 9.80 Å². The second kappa shape index (κ2) is 7.38. The number of amides is 2. The smallest absolute Gasteiger partial charge is 0.238 e. The predicted octanol–water partition coefficient (Wildman–Crippen LogP) is 0.983. The minimum absolute atomic E-state index is 0.00274. The average molecular weight is 373 g/mol. The van der Waals surface area contributed by atoms with Gasteiger partial charge in [-0.25, -0.2) is 0 Å². The number of nitrogens with zero attached hydrogens (tertiary/aromatic N) is 3. The molecule has 146 valence electrons. The lowest BCUT2D eigenvalue weighted by Gasteiger charge is -2.39. The monoisotopic (exact) mass is 373 g/mol. The lowest BCUT2D eigenvalue weighted by atomic mass is 10.0. The van der Waals surface area contributed by atoms with Crippen molar-refractivity contribution < 1.29 is 19.1 Å². The Kier molecular flexibility index (Phi) is 4.95. The maximum Gasteiger partial charge on any atom is 0.238 e. The van der Waals surface area contributed by atoms with Gasteiger partial charge in [-0.3, -0.25) is 9.59 Å². The van der Waals surface area contributed by atoms with E-state index in [2.05, 4.69) is 4.90 Å². The second-order valence-electron chi connectivity index (χ2n) is 7.44. The van der Waals surface area contributed by atoms with Gasteiger partial charge in [0.1, 0.15) is 11.2 Å². The molecule has 1 aliphatic carbocycles. The van der Waals surface area contributed by atoms with Crippen molar-refractivity contribution in [3.63, 3.8) is 0 Å². The lowest BCUT2D eigenvalue weighted by molar-refractivity contribution is -0.152. The number of carbonyl (C=O) groups excluding carboxylic acids is 2. The topological polar surface area (TPSA) is 62.3 Å². The molecule has 2 heterocycles. The minimum Gasteiger partial charge on any atom is -0.495 e. The number of benzene rings is 1. The van der Waals surface area contributed by atoms with E-state index in [1.54, 1.807) is 12.0 Å². The van der Waals surface area contributed by atoms with Gasteiger partial charge in [0.25, 0.3) is 0 Å². The van der Waals surface area contributed by atoms with Crippen LogP contribution in [0.1, 0.15) is 12.8 Å². The predicted molar refractivity (Wildman–Crippen MR) is 101 cm³/mol. The highest BCUT2D eigenvalue weighted by Crippen LogP contribution is 2.49. The van der Waals surface area contributed by atoms with Gasteiger partial charge in [0.05, 0.1) is 26.0 Å². The first-order valence-corrected chi connectivity index (χ1v) is 9.70. The zero-order chi connectivity index (χ0) is 18.9. The van der Waals surface area contributed by atoms with Crippen LogP contribution in [0.2, 0.25) is 0 Å². The van der Waals surface area contributed by atoms with Crippen LogP contribution < -0.4 is 9.64 Å². The molecule has 2 aliphatic heterocycles. The standard InChI is InChI=1S/C20H27N3O4/c1-26-17-5-3-2-4-16(17)21-8-10-22(11-9-21)18(24)20(6-7-20)19(25)23-12-14-27-15-13-23/h2-5H,6-15H2,1H3. The van der Waals surface area contributed by atoms with Gasteiger partial charge in [-0.05, 0) is 25.0 Å². The van der Waals surface area contributed by atoms with Gasteiger partial charge in [-0.2, -0.15) is 0 Å². The largest absolute Gasteiger partial charge is 0.495 e. The maximum absolute atomic E-state index is 13.1. The molecule has 7 nitrogen and oxygen atoms in total. The van der Waals surface area contributed by atoms with E-state index in [0.29, 0.717) is 52.2 Å². The third-order valence-corrected chi connectivity index (χ3v) is 5.86. The summed E-state index contributed by atoms with van der Waals surface area (Å²) >= 11 is 0. The van der Waals surface area contributed by atoms with E-state index in [0.717, 1.165) is 24.5 Å². The van der Waals surface area contributed by atoms with Crippen LogP contribution in [-0.4, -0.2) is 81.2 Å². The molecule has 1 aromatic carbocycles. The molecule has 7 heteroatoms. The summed E-state index contributed by atoms with van der Waals surface area (Å²) in [7, 11) is 1.67. The number of para-hydroxylation sites is 2. The molecule has 4 rings (SSSR count). The molecule has 3 aliphatic rings. The quantitative estimate of drug-likeness (QED) is 0.737. The Morgan fingerprint density at radius 1 is 0.926 bits per heavy atom. The number of hydrogen-bond donors (Lipinski definition) is 0. The molecule has 0 unspecified atom stereocenters. The number of rotatable bonds is 4. The molecule has 0 N–H and O–H groups in total. The van der Waals surface area contributed by atoms with Gasteiger partial charge in [0, 0.05) is 39.3 Å². The fourth-order valence-corrected chi connectivity index (χ4v) is 4.06. The maximum atomic E-state index is 13.1. The van der Waals surface area contributed by atoms with Crippen molar-refractivity contribution in [3.05, 3.63) is 24.3 Å². The highest BCUT2D eigenvalue weighted by molar-refractivity contribution is 6.08. The summed E-state index contributed by atoms with van der Waals surface area (Å²) < 4.78 is 10.8. The molecule has 3 fully saturated rings. The Morgan fingerprint density at radius 2 is 1.52 bits per heavy atom. The SMILES string of the molecule is COc1ccccc1N1CCN(C(=O)C2(C(=O)N3CCOCC3)CC2)CC1. The number of methoxy groups -OCH3 is 1. The van der Waals surface area contributed by atoms with Gasteiger partial charge in [-0.1, -0.05) is 12.1 Å². The van der Waals surface area contributed by atoms with Crippen molar-refractivity contribution in [2.45, 2.75) is 12.8 Å². The fraction of sp³-hybridized carbons (Fsp3) is 0.600. The number of piperazine rings is 1. The van der Waals surface area contributed by atoms with E-state index < -0.39 is 5.41 Å². The molecular weight excluding hydrogens is 346 g/mol. The highest BCUT2D eigenvalue weighted by Gasteiger charge is 2.59. The van der Waals surface area contributed by atoms with Crippen LogP contribution in [0.15, 0.2) is 24.3 Å². The van der Waals surface area contributed by atoms with Crippen LogP contribution >= 0.6 is 0 Å². The molecular formula is C20H27N3O4. The van der Waals surface area contributed by atoms with Crippen LogP contribution in [0.3, 0.4) is 0 Å². The number of carbonyl (C=O) groups is 2. The van der Waals surface area contributed by atoms with Gasteiger partial charge >= 0.3 is 0 Å². The molecule has 0 radical (unpaired) electrons. The Labute approximate surface area is 159 Å². The Bertz CT molecular complexity index is 705. The summed E-state index contributed by atoms with van der Waals surface area (Å²) in [6, 6.07) is 7.94. The molecule has 0 aromatic heterocycles. The summed E-state index contributed by atoms with van der Waals surface area (Å²) in [5.41, 5.74) is 0.252. The van der Waals surface area contributed by atoms with Crippen molar-refractivity contribution >= 4 is 17.5 Å². The summed E-state index contributed by atoms with van der Waals surface area (Å²) in [6.07, 6.45) is 1.35. The summed E-state index contributed by atoms with van der Waals surface area (Å²) in [5.74, 6) is 0.861. The van der Waals surface area contributed by atoms with E-state index >= 15 is 0 Å². The first-order valence-electron chi connectivity index (χ1n) is 9.70. The molecule has 2 saturated heterocycles. The van der Waals surface area contributed by atoms with Crippen LogP contribution in [0.4, 0.5) is 5.69 Å². The molecule has 0 atom stereocenters. The lowest BCUT2D eigenvalue weighted by Crippen LogP contribution is -2.54. The fourth-order valence-electron chi connectivity index (χ4n) is 4.06. The number of anilines is 1. The van der Waals surface area contributed by atoms with E-state index in [-0.39, 0.29) is 11.8 Å². The number of ether oxygens (including phenoxy) is 2. The first kappa shape index (κ1) is 18.1. The second-order valence-corrected chi connectivity index (χ2v) is 7.44. The third kappa shape index (κ3) is 3.36. The van der Waals surface area contributed by atoms with E-state index in [9.17, 15) is 9.59 Å². The van der Waals surface area contributed by atoms with E-state index in [4.69, 9.17) is 9.47 Å². The van der Waals surface area contributed by atoms with Crippen LogP contribution in [-0.2, 0) is 14.3 Å². The number of hydrogen-bond acceptors (Lipinski definition) is 5. The van der Waals surface area contributed by atoms with Crippen molar-refractivity contribution in [3.8, 4) is 5.75 Å². The molecule has 1 saturated carbocycles. The molecule has 2 amide bonds. The average Bonchev–Trinajstić information content (AvgIpc) is 3.55. The van der Waals surface area contributed by atoms with E-state index in [1.807, 2.05) is 29.2 Å². The minimum atomic E-state index is -0.802. The van der Waals surface area contributed by atoms with Crippen LogP contribution in [0, 0.1) is 5.41 Å². The van der Waals surface area contributed by atoms with Crippen molar-refractivity contribution in [1.29, 1.82) is 0 Å². The Hall–Kier alpha value is -2.28. The molecule has 27 heavy (non-hydrogen) atoms. The Balaban J connectivity index is 1.39. The highest BCUT2D eigenvalue weighted by atomic mass is 16.5. The normalized spacial score (nSPS) is 21.7. The van der Waals surface area contributed by atoms with Crippen molar-refractivity contribution in [2.75, 3.05) is 64.5 Å². The third-order valence-electron chi connectivity index (χ3n) is 5.86. The van der Waals surface area contributed by atoms with Crippen molar-refractivity contribution in [2.24, 2.45) is 5.41 Å². The molecule has 0 bridgehead atoms. The summed E-state index contributed by atoms with van der Waals surface area (Å²) in [4.78, 5) is 32.0. The van der Waals surface area contributed by atoms with Gasteiger partial charge in [0.15, 0.2) is 0 Å². The van der Waals surface area contributed by atoms with Crippen LogP contribution in [0.25, 0.3) is 0 Å². The van der Waals surface area contributed by atoms with Gasteiger partial charge < -0.3 is 24.2 Å². The number of morpholine rings is 1. The molecule has 0 spiro atoms. The Morgan fingerprint density at radius 3 is 2.11 bits per heavy atom. The zero-order valence-corrected chi connectivity index (χ0v) is 15.9. The first-order chi connectivity index (χ1) is 13.2. The molecule has 1 aromatic rings. The van der Waals surface area contributed by atoms with Gasteiger partial charge in [-0.15, -0.1) is 0 Å². The summed E-state index contributed by atoms with van der Waals surface area (Å²) in [5, 5.41) is 0. The van der Waals surface area contributed by atoms with Crippen LogP contribution in [0.5, 0.6) is 5.75 Å². The summed E-state index contributed by atoms with van der Waals surface area (Å²) in [6.45, 7) is 5.07. The van der Waals surface area contributed by atoms with E-state index in [1.165, 1.54) is 0 Å². The zero-order valence-electron chi connectivity index (χ0n) is 15.9. The van der Waals surface area contributed by atoms with Gasteiger partial charge in [0.2, 0.25) is 11.8 Å².